The second-order valence-electron chi connectivity index (χ2n) is 8.38. The molecule has 4 rings (SSSR count). The Morgan fingerprint density at radius 3 is 2.22 bits per heavy atom. The fourth-order valence-corrected chi connectivity index (χ4v) is 4.64. The predicted molar refractivity (Wildman–Crippen MR) is 159 cm³/mol. The summed E-state index contributed by atoms with van der Waals surface area (Å²) in [5, 5.41) is 6.91. The van der Waals surface area contributed by atoms with Gasteiger partial charge in [0.1, 0.15) is 5.75 Å². The first-order valence-corrected chi connectivity index (χ1v) is 12.8. The minimum Gasteiger partial charge on any atom is -0.496 e. The minimum absolute atomic E-state index is 0.0291. The predicted octanol–water partition coefficient (Wildman–Crippen LogP) is 6.99. The molecule has 3 N–H and O–H groups in total. The highest BCUT2D eigenvalue weighted by Gasteiger charge is 2.12. The first-order valence-electron chi connectivity index (χ1n) is 11.6. The third-order valence-corrected chi connectivity index (χ3v) is 6.52. The van der Waals surface area contributed by atoms with E-state index in [4.69, 9.17) is 17.0 Å². The minimum atomic E-state index is -0.0291. The van der Waals surface area contributed by atoms with Crippen LogP contribution in [0.2, 0.25) is 0 Å². The molecule has 188 valence electrons. The summed E-state index contributed by atoms with van der Waals surface area (Å²) in [6.07, 6.45) is 0. The fraction of sp³-hybridized carbons (Fsp3) is 0.103. The highest BCUT2D eigenvalue weighted by molar-refractivity contribution is 8.00. The summed E-state index contributed by atoms with van der Waals surface area (Å²) >= 11 is 6.90. The summed E-state index contributed by atoms with van der Waals surface area (Å²) in [5.41, 5.74) is 5.29. The van der Waals surface area contributed by atoms with Crippen LogP contribution < -0.4 is 20.1 Å². The zero-order valence-electron chi connectivity index (χ0n) is 20.8. The molecule has 37 heavy (non-hydrogen) atoms. The molecular formula is C29H28N4O2S2. The first kappa shape index (κ1) is 26.1. The number of thiocarbonyl (C=S) groups is 1. The number of carbonyl (C=O) groups excluding carboxylic acids is 1. The molecule has 8 heteroatoms. The van der Waals surface area contributed by atoms with E-state index in [0.29, 0.717) is 10.7 Å². The van der Waals surface area contributed by atoms with Crippen molar-refractivity contribution in [2.75, 3.05) is 36.6 Å². The van der Waals surface area contributed by atoms with Gasteiger partial charge in [-0.1, -0.05) is 42.5 Å². The number of para-hydroxylation sites is 1. The van der Waals surface area contributed by atoms with E-state index in [0.717, 1.165) is 38.8 Å². The zero-order valence-corrected chi connectivity index (χ0v) is 22.5. The molecule has 0 heterocycles. The Bertz CT molecular complexity index is 1390. The van der Waals surface area contributed by atoms with Gasteiger partial charge in [-0.25, -0.2) is 0 Å². The molecule has 0 aromatic heterocycles. The van der Waals surface area contributed by atoms with Crippen molar-refractivity contribution in [3.63, 3.8) is 0 Å². The van der Waals surface area contributed by atoms with E-state index in [1.165, 1.54) is 11.9 Å². The topological polar surface area (TPSA) is 65.6 Å². The summed E-state index contributed by atoms with van der Waals surface area (Å²) < 4.78 is 8.99. The van der Waals surface area contributed by atoms with Crippen LogP contribution in [-0.2, 0) is 0 Å². The molecule has 0 radical (unpaired) electrons. The van der Waals surface area contributed by atoms with Crippen LogP contribution in [0.5, 0.6) is 5.75 Å². The molecule has 4 aromatic carbocycles. The summed E-state index contributed by atoms with van der Waals surface area (Å²) in [6.45, 7) is 0. The van der Waals surface area contributed by atoms with Gasteiger partial charge in [0.2, 0.25) is 0 Å². The van der Waals surface area contributed by atoms with Gasteiger partial charge in [0.15, 0.2) is 5.11 Å². The largest absolute Gasteiger partial charge is 0.496 e. The van der Waals surface area contributed by atoms with Crippen LogP contribution in [0.1, 0.15) is 10.4 Å². The maximum atomic E-state index is 12.4. The van der Waals surface area contributed by atoms with Crippen molar-refractivity contribution in [1.82, 2.24) is 4.90 Å². The molecule has 0 aliphatic heterocycles. The van der Waals surface area contributed by atoms with Gasteiger partial charge < -0.3 is 25.0 Å². The fourth-order valence-electron chi connectivity index (χ4n) is 3.62. The summed E-state index contributed by atoms with van der Waals surface area (Å²) in [5.74, 6) is 0.725. The quantitative estimate of drug-likeness (QED) is 0.168. The van der Waals surface area contributed by atoms with Gasteiger partial charge in [-0.05, 0) is 89.9 Å². The number of anilines is 3. The number of carbonyl (C=O) groups is 1. The van der Waals surface area contributed by atoms with E-state index < -0.39 is 0 Å². The van der Waals surface area contributed by atoms with Gasteiger partial charge in [-0.3, -0.25) is 4.79 Å². The van der Waals surface area contributed by atoms with E-state index in [1.54, 1.807) is 26.1 Å². The Labute approximate surface area is 227 Å². The SMILES string of the molecule is COc1ccc(-c2cccc(C(=O)N(C)C)c2)cc1SNc1cccc(NC(=S)Nc2ccccc2)c1. The lowest BCUT2D eigenvalue weighted by Crippen LogP contribution is -2.21. The second kappa shape index (κ2) is 12.3. The average molecular weight is 529 g/mol. The number of ether oxygens (including phenoxy) is 1. The van der Waals surface area contributed by atoms with Gasteiger partial charge in [0, 0.05) is 36.7 Å². The number of nitrogens with one attached hydrogen (secondary N) is 3. The van der Waals surface area contributed by atoms with Crippen molar-refractivity contribution >= 4 is 52.2 Å². The lowest BCUT2D eigenvalue weighted by Gasteiger charge is -2.14. The Morgan fingerprint density at radius 2 is 1.46 bits per heavy atom. The van der Waals surface area contributed by atoms with Gasteiger partial charge >= 0.3 is 0 Å². The lowest BCUT2D eigenvalue weighted by atomic mass is 10.0. The van der Waals surface area contributed by atoms with E-state index in [-0.39, 0.29) is 5.91 Å². The number of benzene rings is 4. The van der Waals surface area contributed by atoms with Crippen molar-refractivity contribution < 1.29 is 9.53 Å². The van der Waals surface area contributed by atoms with Crippen LogP contribution in [0, 0.1) is 0 Å². The Balaban J connectivity index is 1.47. The van der Waals surface area contributed by atoms with Gasteiger partial charge in [0.25, 0.3) is 5.91 Å². The maximum absolute atomic E-state index is 12.4. The number of nitrogens with zero attached hydrogens (tertiary/aromatic N) is 1. The molecule has 0 atom stereocenters. The van der Waals surface area contributed by atoms with Gasteiger partial charge in [-0.2, -0.15) is 0 Å². The van der Waals surface area contributed by atoms with E-state index in [9.17, 15) is 4.79 Å². The van der Waals surface area contributed by atoms with Crippen LogP contribution >= 0.6 is 24.2 Å². The molecule has 0 aliphatic carbocycles. The molecule has 0 aliphatic rings. The van der Waals surface area contributed by atoms with Gasteiger partial charge in [0.05, 0.1) is 12.0 Å². The van der Waals surface area contributed by atoms with Crippen molar-refractivity contribution in [2.45, 2.75) is 4.90 Å². The molecule has 0 unspecified atom stereocenters. The van der Waals surface area contributed by atoms with Crippen LogP contribution in [0.15, 0.2) is 102 Å². The smallest absolute Gasteiger partial charge is 0.253 e. The highest BCUT2D eigenvalue weighted by atomic mass is 32.2. The lowest BCUT2D eigenvalue weighted by molar-refractivity contribution is 0.0827. The molecular weight excluding hydrogens is 500 g/mol. The van der Waals surface area contributed by atoms with E-state index in [2.05, 4.69) is 21.4 Å². The van der Waals surface area contributed by atoms with Crippen molar-refractivity contribution in [3.05, 3.63) is 103 Å². The van der Waals surface area contributed by atoms with Crippen molar-refractivity contribution in [2.24, 2.45) is 0 Å². The van der Waals surface area contributed by atoms with E-state index in [1.807, 2.05) is 91.0 Å². The van der Waals surface area contributed by atoms with Crippen molar-refractivity contribution in [1.29, 1.82) is 0 Å². The first-order chi connectivity index (χ1) is 17.9. The molecule has 0 bridgehead atoms. The molecule has 0 spiro atoms. The summed E-state index contributed by atoms with van der Waals surface area (Å²) in [7, 11) is 5.15. The molecule has 4 aromatic rings. The molecule has 0 saturated carbocycles. The van der Waals surface area contributed by atoms with Crippen molar-refractivity contribution in [3.8, 4) is 16.9 Å². The third kappa shape index (κ3) is 7.03. The maximum Gasteiger partial charge on any atom is 0.253 e. The van der Waals surface area contributed by atoms with Crippen LogP contribution in [0.25, 0.3) is 11.1 Å². The van der Waals surface area contributed by atoms with Crippen LogP contribution in [-0.4, -0.2) is 37.1 Å². The average Bonchev–Trinajstić information content (AvgIpc) is 2.92. The number of hydrogen-bond donors (Lipinski definition) is 3. The number of rotatable bonds is 8. The molecule has 0 saturated heterocycles. The number of amides is 1. The molecule has 6 nitrogen and oxygen atoms in total. The summed E-state index contributed by atoms with van der Waals surface area (Å²) in [6, 6.07) is 31.3. The second-order valence-corrected chi connectivity index (χ2v) is 9.63. The number of methoxy groups -OCH3 is 1. The molecule has 0 fully saturated rings. The normalized spacial score (nSPS) is 10.4. The van der Waals surface area contributed by atoms with E-state index >= 15 is 0 Å². The Morgan fingerprint density at radius 1 is 0.784 bits per heavy atom. The third-order valence-electron chi connectivity index (χ3n) is 5.44. The van der Waals surface area contributed by atoms with Gasteiger partial charge in [-0.15, -0.1) is 0 Å². The Hall–Kier alpha value is -4.01. The standard InChI is InChI=1S/C29H28N4O2S2/c1-33(2)28(34)22-10-7-9-20(17-22)21-15-16-26(35-3)27(18-21)37-32-25-14-8-13-24(19-25)31-29(36)30-23-11-5-4-6-12-23/h4-19,32H,1-3H3,(H2,30,31,36). The summed E-state index contributed by atoms with van der Waals surface area (Å²) in [4.78, 5) is 14.9. The zero-order chi connectivity index (χ0) is 26.2. The number of hydrogen-bond acceptors (Lipinski definition) is 5. The highest BCUT2D eigenvalue weighted by Crippen LogP contribution is 2.35. The molecule has 1 amide bonds. The van der Waals surface area contributed by atoms with Crippen LogP contribution in [0.4, 0.5) is 17.1 Å². The monoisotopic (exact) mass is 528 g/mol. The Kier molecular flexibility index (Phi) is 8.66. The van der Waals surface area contributed by atoms with Crippen LogP contribution in [0.3, 0.4) is 0 Å².